The van der Waals surface area contributed by atoms with Crippen molar-refractivity contribution in [1.29, 1.82) is 0 Å². The average molecular weight is 263 g/mol. The Kier molecular flexibility index (Phi) is 4.30. The summed E-state index contributed by atoms with van der Waals surface area (Å²) in [5.41, 5.74) is 0. The number of rotatable bonds is 4. The van der Waals surface area contributed by atoms with Gasteiger partial charge in [0.1, 0.15) is 6.61 Å². The molecule has 0 aromatic heterocycles. The zero-order chi connectivity index (χ0) is 13.8. The fourth-order valence-electron chi connectivity index (χ4n) is 2.14. The van der Waals surface area contributed by atoms with E-state index in [-0.39, 0.29) is 17.9 Å². The third-order valence-electron chi connectivity index (χ3n) is 3.18. The van der Waals surface area contributed by atoms with Crippen LogP contribution < -0.4 is 9.47 Å². The van der Waals surface area contributed by atoms with Gasteiger partial charge in [0.15, 0.2) is 17.6 Å². The first kappa shape index (κ1) is 13.7. The highest BCUT2D eigenvalue weighted by atomic mass is 16.6. The lowest BCUT2D eigenvalue weighted by molar-refractivity contribution is -0.135. The molecule has 4 heteroatoms. The van der Waals surface area contributed by atoms with Gasteiger partial charge in [-0.1, -0.05) is 26.0 Å². The number of nitrogens with zero attached hydrogens (tertiary/aromatic N) is 1. The van der Waals surface area contributed by atoms with Crippen LogP contribution in [0.3, 0.4) is 0 Å². The molecule has 1 unspecified atom stereocenters. The lowest BCUT2D eigenvalue weighted by Gasteiger charge is -2.31. The van der Waals surface area contributed by atoms with Crippen LogP contribution in [0, 0.1) is 5.92 Å². The summed E-state index contributed by atoms with van der Waals surface area (Å²) in [6.45, 7) is 7.56. The van der Waals surface area contributed by atoms with Crippen LogP contribution in [0.15, 0.2) is 24.3 Å². The zero-order valence-corrected chi connectivity index (χ0v) is 11.8. The number of carbonyl (C=O) groups excluding carboxylic acids is 1. The molecular formula is C15H21NO3. The van der Waals surface area contributed by atoms with Crippen molar-refractivity contribution in [3.05, 3.63) is 24.3 Å². The zero-order valence-electron chi connectivity index (χ0n) is 11.8. The predicted octanol–water partition coefficient (Wildman–Crippen LogP) is 2.33. The summed E-state index contributed by atoms with van der Waals surface area (Å²) in [6, 6.07) is 7.62. The van der Waals surface area contributed by atoms with Crippen molar-refractivity contribution in [3.8, 4) is 11.5 Å². The monoisotopic (exact) mass is 263 g/mol. The van der Waals surface area contributed by atoms with Crippen molar-refractivity contribution in [2.75, 3.05) is 19.7 Å². The molecule has 1 aliphatic rings. The van der Waals surface area contributed by atoms with Crippen molar-refractivity contribution in [2.45, 2.75) is 26.9 Å². The summed E-state index contributed by atoms with van der Waals surface area (Å²) >= 11 is 0. The van der Waals surface area contributed by atoms with Gasteiger partial charge in [-0.25, -0.2) is 0 Å². The van der Waals surface area contributed by atoms with Crippen molar-refractivity contribution >= 4 is 5.91 Å². The van der Waals surface area contributed by atoms with Gasteiger partial charge in [-0.2, -0.15) is 0 Å². The molecule has 104 valence electrons. The predicted molar refractivity (Wildman–Crippen MR) is 73.4 cm³/mol. The highest BCUT2D eigenvalue weighted by Crippen LogP contribution is 2.31. The van der Waals surface area contributed by atoms with Gasteiger partial charge in [0, 0.05) is 12.5 Å². The first-order chi connectivity index (χ1) is 9.11. The largest absolute Gasteiger partial charge is 0.486 e. The van der Waals surface area contributed by atoms with Crippen LogP contribution in [-0.4, -0.2) is 36.6 Å². The minimum atomic E-state index is -0.0995. The Morgan fingerprint density at radius 2 is 2.05 bits per heavy atom. The van der Waals surface area contributed by atoms with Gasteiger partial charge < -0.3 is 14.4 Å². The highest BCUT2D eigenvalue weighted by molar-refractivity contribution is 5.78. The number of hydrogen-bond acceptors (Lipinski definition) is 3. The van der Waals surface area contributed by atoms with E-state index in [2.05, 4.69) is 0 Å². The Bertz CT molecular complexity index is 445. The number of carbonyl (C=O) groups is 1. The maximum Gasteiger partial charge on any atom is 0.225 e. The van der Waals surface area contributed by atoms with E-state index >= 15 is 0 Å². The van der Waals surface area contributed by atoms with E-state index in [0.717, 1.165) is 11.5 Å². The van der Waals surface area contributed by atoms with E-state index in [1.807, 2.05) is 49.9 Å². The van der Waals surface area contributed by atoms with Crippen LogP contribution in [0.2, 0.25) is 0 Å². The van der Waals surface area contributed by atoms with Crippen LogP contribution in [0.4, 0.5) is 0 Å². The minimum absolute atomic E-state index is 0.0109. The number of amides is 1. The molecule has 1 amide bonds. The fourth-order valence-corrected chi connectivity index (χ4v) is 2.14. The van der Waals surface area contributed by atoms with E-state index in [4.69, 9.17) is 9.47 Å². The molecule has 0 radical (unpaired) electrons. The normalized spacial score (nSPS) is 17.4. The van der Waals surface area contributed by atoms with E-state index in [1.165, 1.54) is 0 Å². The molecule has 1 heterocycles. The van der Waals surface area contributed by atoms with Crippen LogP contribution in [0.1, 0.15) is 20.8 Å². The smallest absolute Gasteiger partial charge is 0.225 e. The summed E-state index contributed by atoms with van der Waals surface area (Å²) in [4.78, 5) is 13.8. The number of benzene rings is 1. The first-order valence-electron chi connectivity index (χ1n) is 6.79. The van der Waals surface area contributed by atoms with Gasteiger partial charge in [-0.05, 0) is 19.1 Å². The Labute approximate surface area is 114 Å². The number of ether oxygens (including phenoxy) is 2. The summed E-state index contributed by atoms with van der Waals surface area (Å²) in [5.74, 6) is 1.70. The average Bonchev–Trinajstić information content (AvgIpc) is 2.43. The Morgan fingerprint density at radius 3 is 2.68 bits per heavy atom. The molecule has 0 saturated heterocycles. The first-order valence-corrected chi connectivity index (χ1v) is 6.79. The van der Waals surface area contributed by atoms with Gasteiger partial charge in [-0.15, -0.1) is 0 Å². The molecule has 0 N–H and O–H groups in total. The van der Waals surface area contributed by atoms with Gasteiger partial charge in [-0.3, -0.25) is 4.79 Å². The summed E-state index contributed by atoms with van der Waals surface area (Å²) < 4.78 is 11.5. The maximum absolute atomic E-state index is 12.0. The van der Waals surface area contributed by atoms with E-state index in [0.29, 0.717) is 19.7 Å². The van der Waals surface area contributed by atoms with Gasteiger partial charge in [0.05, 0.1) is 6.54 Å². The lowest BCUT2D eigenvalue weighted by atomic mass is 10.1. The number of hydrogen-bond donors (Lipinski definition) is 0. The quantitative estimate of drug-likeness (QED) is 0.837. The molecule has 2 rings (SSSR count). The van der Waals surface area contributed by atoms with E-state index < -0.39 is 0 Å². The molecule has 0 aliphatic carbocycles. The molecule has 19 heavy (non-hydrogen) atoms. The second-order valence-electron chi connectivity index (χ2n) is 5.03. The highest BCUT2D eigenvalue weighted by Gasteiger charge is 2.25. The van der Waals surface area contributed by atoms with Crippen molar-refractivity contribution in [2.24, 2.45) is 5.92 Å². The molecule has 1 aromatic rings. The second-order valence-corrected chi connectivity index (χ2v) is 5.03. The van der Waals surface area contributed by atoms with Crippen LogP contribution >= 0.6 is 0 Å². The SMILES string of the molecule is CCN(CC1COc2ccccc2O1)C(=O)C(C)C. The molecule has 4 nitrogen and oxygen atoms in total. The van der Waals surface area contributed by atoms with Crippen LogP contribution in [0.25, 0.3) is 0 Å². The summed E-state index contributed by atoms with van der Waals surface area (Å²) in [5, 5.41) is 0. The summed E-state index contributed by atoms with van der Waals surface area (Å²) in [6.07, 6.45) is -0.0995. The number of fused-ring (bicyclic) bond motifs is 1. The van der Waals surface area contributed by atoms with Crippen LogP contribution in [0.5, 0.6) is 11.5 Å². The Balaban J connectivity index is 1.99. The Morgan fingerprint density at radius 1 is 1.37 bits per heavy atom. The van der Waals surface area contributed by atoms with Crippen molar-refractivity contribution in [1.82, 2.24) is 4.90 Å². The molecule has 0 saturated carbocycles. The van der Waals surface area contributed by atoms with Gasteiger partial charge in [0.2, 0.25) is 5.91 Å². The molecule has 1 aromatic carbocycles. The minimum Gasteiger partial charge on any atom is -0.486 e. The molecular weight excluding hydrogens is 242 g/mol. The van der Waals surface area contributed by atoms with E-state index in [9.17, 15) is 4.79 Å². The maximum atomic E-state index is 12.0. The second kappa shape index (κ2) is 5.95. The molecule has 1 atom stereocenters. The van der Waals surface area contributed by atoms with Crippen LogP contribution in [-0.2, 0) is 4.79 Å². The lowest BCUT2D eigenvalue weighted by Crippen LogP contribution is -2.44. The molecule has 0 spiro atoms. The molecule has 0 fully saturated rings. The van der Waals surface area contributed by atoms with E-state index in [1.54, 1.807) is 0 Å². The Hall–Kier alpha value is -1.71. The van der Waals surface area contributed by atoms with Gasteiger partial charge in [0.25, 0.3) is 0 Å². The van der Waals surface area contributed by atoms with Crippen molar-refractivity contribution in [3.63, 3.8) is 0 Å². The third kappa shape index (κ3) is 3.19. The number of para-hydroxylation sites is 2. The molecule has 1 aliphatic heterocycles. The van der Waals surface area contributed by atoms with Gasteiger partial charge >= 0.3 is 0 Å². The fraction of sp³-hybridized carbons (Fsp3) is 0.533. The standard InChI is InChI=1S/C15H21NO3/c1-4-16(15(17)11(2)3)9-12-10-18-13-7-5-6-8-14(13)19-12/h5-8,11-12H,4,9-10H2,1-3H3. The topological polar surface area (TPSA) is 38.8 Å². The number of likely N-dealkylation sites (N-methyl/N-ethyl adjacent to an activating group) is 1. The third-order valence-corrected chi connectivity index (χ3v) is 3.18. The molecule has 0 bridgehead atoms. The summed E-state index contributed by atoms with van der Waals surface area (Å²) in [7, 11) is 0. The van der Waals surface area contributed by atoms with Crippen molar-refractivity contribution < 1.29 is 14.3 Å².